The Bertz CT molecular complexity index is 1150. The van der Waals surface area contributed by atoms with Gasteiger partial charge in [0.1, 0.15) is 5.60 Å². The molecule has 1 N–H and O–H groups in total. The van der Waals surface area contributed by atoms with Gasteiger partial charge in [0.25, 0.3) is 0 Å². The molecular weight excluding hydrogens is 440 g/mol. The van der Waals surface area contributed by atoms with Crippen LogP contribution in [0.25, 0.3) is 0 Å². The highest BCUT2D eigenvalue weighted by Crippen LogP contribution is 2.50. The van der Waals surface area contributed by atoms with Crippen LogP contribution in [0.5, 0.6) is 0 Å². The van der Waals surface area contributed by atoms with Crippen LogP contribution in [-0.4, -0.2) is 53.2 Å². The van der Waals surface area contributed by atoms with Crippen molar-refractivity contribution >= 4 is 17.0 Å². The summed E-state index contributed by atoms with van der Waals surface area (Å²) in [7, 11) is 2.11. The maximum atomic E-state index is 12.5. The summed E-state index contributed by atoms with van der Waals surface area (Å²) in [6.07, 6.45) is 4.90. The van der Waals surface area contributed by atoms with E-state index in [9.17, 15) is 5.11 Å². The molecule has 5 nitrogen and oxygen atoms in total. The van der Waals surface area contributed by atoms with Gasteiger partial charge < -0.3 is 14.9 Å². The molecule has 2 atom stereocenters. The largest absolute Gasteiger partial charge is 0.380 e. The van der Waals surface area contributed by atoms with Gasteiger partial charge >= 0.3 is 0 Å². The van der Waals surface area contributed by atoms with E-state index in [1.54, 1.807) is 11.3 Å². The standard InChI is InChI=1S/C28H36N4OS/c1-19(2)21-6-8-23(9-7-21)28(33,27(4)17-31(5)18-27)24-12-25(14-29-13-24)32-11-10-22(15-32)26-30-20(3)16-34-26/h6-9,12-14,16,19,22,33H,10-11,15,17-18H2,1-5H3/t22?,28-/m0/s1. The third-order valence-electron chi connectivity index (χ3n) is 7.79. The molecule has 3 aromatic rings. The van der Waals surface area contributed by atoms with Gasteiger partial charge in [-0.2, -0.15) is 0 Å². The van der Waals surface area contributed by atoms with Gasteiger partial charge in [0, 0.05) is 60.3 Å². The van der Waals surface area contributed by atoms with E-state index < -0.39 is 5.60 Å². The number of pyridine rings is 1. The smallest absolute Gasteiger partial charge is 0.124 e. The lowest BCUT2D eigenvalue weighted by atomic mass is 9.62. The summed E-state index contributed by atoms with van der Waals surface area (Å²) in [6, 6.07) is 10.7. The van der Waals surface area contributed by atoms with E-state index in [1.165, 1.54) is 10.6 Å². The molecule has 0 spiro atoms. The number of aryl methyl sites for hydroxylation is 1. The van der Waals surface area contributed by atoms with Crippen molar-refractivity contribution in [2.24, 2.45) is 5.41 Å². The first-order valence-electron chi connectivity index (χ1n) is 12.3. The Labute approximate surface area is 207 Å². The van der Waals surface area contributed by atoms with Gasteiger partial charge in [0.05, 0.1) is 16.9 Å². The lowest BCUT2D eigenvalue weighted by Gasteiger charge is -2.56. The van der Waals surface area contributed by atoms with Crippen LogP contribution >= 0.6 is 11.3 Å². The van der Waals surface area contributed by atoms with Crippen molar-refractivity contribution in [3.63, 3.8) is 0 Å². The van der Waals surface area contributed by atoms with Crippen LogP contribution in [0.15, 0.2) is 48.1 Å². The first-order valence-corrected chi connectivity index (χ1v) is 13.2. The number of rotatable bonds is 6. The van der Waals surface area contributed by atoms with Crippen molar-refractivity contribution < 1.29 is 5.11 Å². The number of aromatic nitrogens is 2. The highest BCUT2D eigenvalue weighted by molar-refractivity contribution is 7.09. The molecule has 2 aromatic heterocycles. The number of hydrogen-bond acceptors (Lipinski definition) is 6. The fourth-order valence-corrected chi connectivity index (χ4v) is 6.83. The van der Waals surface area contributed by atoms with Crippen LogP contribution in [0, 0.1) is 12.3 Å². The van der Waals surface area contributed by atoms with Crippen LogP contribution in [0.1, 0.15) is 66.4 Å². The van der Waals surface area contributed by atoms with E-state index in [-0.39, 0.29) is 5.41 Å². The zero-order chi connectivity index (χ0) is 24.1. The second kappa shape index (κ2) is 8.74. The van der Waals surface area contributed by atoms with Crippen molar-refractivity contribution in [1.29, 1.82) is 0 Å². The summed E-state index contributed by atoms with van der Waals surface area (Å²) < 4.78 is 0. The Kier molecular flexibility index (Phi) is 6.03. The van der Waals surface area contributed by atoms with Crippen LogP contribution < -0.4 is 4.90 Å². The zero-order valence-electron chi connectivity index (χ0n) is 21.0. The number of anilines is 1. The van der Waals surface area contributed by atoms with Gasteiger partial charge in [-0.15, -0.1) is 11.3 Å². The van der Waals surface area contributed by atoms with Gasteiger partial charge in [-0.1, -0.05) is 45.0 Å². The molecule has 6 heteroatoms. The summed E-state index contributed by atoms with van der Waals surface area (Å²) in [5.74, 6) is 0.921. The molecule has 1 aromatic carbocycles. The molecule has 0 amide bonds. The summed E-state index contributed by atoms with van der Waals surface area (Å²) >= 11 is 1.77. The fourth-order valence-electron chi connectivity index (χ4n) is 5.90. The number of likely N-dealkylation sites (tertiary alicyclic amines) is 1. The predicted octanol–water partition coefficient (Wildman–Crippen LogP) is 5.15. The zero-order valence-corrected chi connectivity index (χ0v) is 21.8. The third-order valence-corrected chi connectivity index (χ3v) is 8.91. The Morgan fingerprint density at radius 2 is 1.88 bits per heavy atom. The van der Waals surface area contributed by atoms with Crippen LogP contribution in [0.2, 0.25) is 0 Å². The maximum absolute atomic E-state index is 12.5. The lowest BCUT2D eigenvalue weighted by Crippen LogP contribution is -2.63. The number of hydrogen-bond donors (Lipinski definition) is 1. The Balaban J connectivity index is 1.48. The number of benzene rings is 1. The Hall–Kier alpha value is -2.28. The third kappa shape index (κ3) is 3.96. The molecule has 2 aliphatic heterocycles. The minimum atomic E-state index is -1.11. The molecule has 0 saturated carbocycles. The van der Waals surface area contributed by atoms with Crippen LogP contribution in [0.4, 0.5) is 5.69 Å². The minimum Gasteiger partial charge on any atom is -0.380 e. The molecule has 0 radical (unpaired) electrons. The monoisotopic (exact) mass is 476 g/mol. The topological polar surface area (TPSA) is 52.5 Å². The van der Waals surface area contributed by atoms with Crippen LogP contribution in [0.3, 0.4) is 0 Å². The molecular formula is C28H36N4OS. The van der Waals surface area contributed by atoms with E-state index in [4.69, 9.17) is 4.98 Å². The SMILES string of the molecule is Cc1csc(C2CCN(c3cncc([C@@](O)(c4ccc(C(C)C)cc4)C4(C)CN(C)C4)c3)C2)n1. The Morgan fingerprint density at radius 3 is 2.50 bits per heavy atom. The second-order valence-electron chi connectivity index (χ2n) is 10.9. The van der Waals surface area contributed by atoms with Gasteiger partial charge in [-0.05, 0) is 43.5 Å². The van der Waals surface area contributed by atoms with E-state index >= 15 is 0 Å². The molecule has 2 saturated heterocycles. The fraction of sp³-hybridized carbons (Fsp3) is 0.500. The maximum Gasteiger partial charge on any atom is 0.124 e. The quantitative estimate of drug-likeness (QED) is 0.533. The van der Waals surface area contributed by atoms with Crippen molar-refractivity contribution in [2.75, 3.05) is 38.1 Å². The highest BCUT2D eigenvalue weighted by Gasteiger charge is 2.55. The Morgan fingerprint density at radius 1 is 1.15 bits per heavy atom. The van der Waals surface area contributed by atoms with Crippen molar-refractivity contribution in [3.05, 3.63) is 75.5 Å². The van der Waals surface area contributed by atoms with Crippen molar-refractivity contribution in [2.45, 2.75) is 51.6 Å². The first-order chi connectivity index (χ1) is 16.2. The van der Waals surface area contributed by atoms with E-state index in [0.717, 1.165) is 55.1 Å². The molecule has 34 heavy (non-hydrogen) atoms. The predicted molar refractivity (Wildman–Crippen MR) is 140 cm³/mol. The summed E-state index contributed by atoms with van der Waals surface area (Å²) in [6.45, 7) is 12.3. The van der Waals surface area contributed by atoms with Crippen molar-refractivity contribution in [3.8, 4) is 0 Å². The average molecular weight is 477 g/mol. The molecule has 4 heterocycles. The normalized spacial score (nSPS) is 22.1. The number of aliphatic hydroxyl groups is 1. The van der Waals surface area contributed by atoms with Gasteiger partial charge in [-0.25, -0.2) is 4.98 Å². The van der Waals surface area contributed by atoms with E-state index in [1.807, 2.05) is 12.4 Å². The molecule has 0 bridgehead atoms. The molecule has 2 aliphatic rings. The minimum absolute atomic E-state index is 0.284. The van der Waals surface area contributed by atoms with E-state index in [0.29, 0.717) is 11.8 Å². The molecule has 180 valence electrons. The average Bonchev–Trinajstić information content (AvgIpc) is 3.47. The number of nitrogens with zero attached hydrogens (tertiary/aromatic N) is 4. The van der Waals surface area contributed by atoms with E-state index in [2.05, 4.69) is 85.2 Å². The van der Waals surface area contributed by atoms with Crippen LogP contribution in [-0.2, 0) is 5.60 Å². The summed E-state index contributed by atoms with van der Waals surface area (Å²) in [5.41, 5.74) is 3.91. The van der Waals surface area contributed by atoms with Crippen molar-refractivity contribution in [1.82, 2.24) is 14.9 Å². The number of thiazole rings is 1. The molecule has 5 rings (SSSR count). The second-order valence-corrected chi connectivity index (χ2v) is 11.8. The van der Waals surface area contributed by atoms with Gasteiger partial charge in [0.15, 0.2) is 0 Å². The summed E-state index contributed by atoms with van der Waals surface area (Å²) in [5, 5.41) is 15.9. The lowest BCUT2D eigenvalue weighted by molar-refractivity contribution is -0.127. The first kappa shape index (κ1) is 23.5. The highest BCUT2D eigenvalue weighted by atomic mass is 32.1. The molecule has 0 aliphatic carbocycles. The molecule has 2 fully saturated rings. The van der Waals surface area contributed by atoms with Gasteiger partial charge in [-0.3, -0.25) is 4.98 Å². The molecule has 1 unspecified atom stereocenters. The summed E-state index contributed by atoms with van der Waals surface area (Å²) in [4.78, 5) is 14.0. The van der Waals surface area contributed by atoms with Gasteiger partial charge in [0.2, 0.25) is 0 Å².